The van der Waals surface area contributed by atoms with E-state index in [-0.39, 0.29) is 11.4 Å². The maximum Gasteiger partial charge on any atom is 0.220 e. The van der Waals surface area contributed by atoms with Crippen LogP contribution in [0.1, 0.15) is 24.6 Å². The van der Waals surface area contributed by atoms with Crippen LogP contribution in [0.25, 0.3) is 0 Å². The van der Waals surface area contributed by atoms with Crippen molar-refractivity contribution in [2.45, 2.75) is 31.7 Å². The van der Waals surface area contributed by atoms with Gasteiger partial charge in [-0.05, 0) is 24.8 Å². The van der Waals surface area contributed by atoms with Crippen LogP contribution in [-0.4, -0.2) is 11.4 Å². The molecule has 0 saturated carbocycles. The molecule has 0 aromatic carbocycles. The van der Waals surface area contributed by atoms with Crippen LogP contribution in [0.15, 0.2) is 11.4 Å². The zero-order chi connectivity index (χ0) is 10.2. The van der Waals surface area contributed by atoms with Crippen molar-refractivity contribution >= 4 is 28.8 Å². The quantitative estimate of drug-likeness (QED) is 0.830. The summed E-state index contributed by atoms with van der Waals surface area (Å²) in [5.41, 5.74) is -0.0917. The van der Waals surface area contributed by atoms with Gasteiger partial charge in [0.2, 0.25) is 5.91 Å². The molecule has 1 aromatic rings. The lowest BCUT2D eigenvalue weighted by Crippen LogP contribution is -2.40. The Labute approximate surface area is 92.3 Å². The first-order valence-corrected chi connectivity index (χ1v) is 5.88. The minimum absolute atomic E-state index is 0.0917. The molecule has 76 valence electrons. The highest BCUT2D eigenvalue weighted by molar-refractivity contribution is 7.10. The Morgan fingerprint density at radius 2 is 2.50 bits per heavy atom. The van der Waals surface area contributed by atoms with Crippen LogP contribution in [0.4, 0.5) is 0 Å². The predicted molar refractivity (Wildman–Crippen MR) is 58.8 cm³/mol. The van der Waals surface area contributed by atoms with Crippen molar-refractivity contribution in [3.8, 4) is 0 Å². The van der Waals surface area contributed by atoms with E-state index in [1.165, 1.54) is 0 Å². The van der Waals surface area contributed by atoms with Crippen LogP contribution < -0.4 is 5.32 Å². The summed E-state index contributed by atoms with van der Waals surface area (Å²) in [6.45, 7) is 2.08. The normalized spacial score (nSPS) is 26.6. The largest absolute Gasteiger partial charge is 0.351 e. The van der Waals surface area contributed by atoms with E-state index in [4.69, 9.17) is 11.6 Å². The Morgan fingerprint density at radius 3 is 3.00 bits per heavy atom. The zero-order valence-corrected chi connectivity index (χ0v) is 9.54. The highest BCUT2D eigenvalue weighted by atomic mass is 35.5. The van der Waals surface area contributed by atoms with Crippen LogP contribution in [-0.2, 0) is 11.2 Å². The molecule has 1 aliphatic heterocycles. The molecule has 2 nitrogen and oxygen atoms in total. The smallest absolute Gasteiger partial charge is 0.220 e. The average molecular weight is 230 g/mol. The Bertz CT molecular complexity index is 363. The molecule has 0 spiro atoms. The fourth-order valence-corrected chi connectivity index (χ4v) is 3.08. The van der Waals surface area contributed by atoms with Gasteiger partial charge in [-0.15, -0.1) is 11.3 Å². The van der Waals surface area contributed by atoms with Crippen molar-refractivity contribution in [2.24, 2.45) is 0 Å². The summed E-state index contributed by atoms with van der Waals surface area (Å²) in [6, 6.07) is 1.90. The van der Waals surface area contributed by atoms with E-state index in [1.807, 2.05) is 11.4 Å². The molecule has 1 amide bonds. The Morgan fingerprint density at radius 1 is 1.71 bits per heavy atom. The lowest BCUT2D eigenvalue weighted by atomic mass is 9.95. The highest BCUT2D eigenvalue weighted by Gasteiger charge is 2.33. The first-order valence-electron chi connectivity index (χ1n) is 4.62. The summed E-state index contributed by atoms with van der Waals surface area (Å²) in [5, 5.41) is 5.81. The van der Waals surface area contributed by atoms with Crippen molar-refractivity contribution in [1.29, 1.82) is 0 Å². The monoisotopic (exact) mass is 229 g/mol. The number of nitrogens with one attached hydrogen (secondary N) is 1. The van der Waals surface area contributed by atoms with E-state index < -0.39 is 0 Å². The van der Waals surface area contributed by atoms with E-state index in [0.717, 1.165) is 22.7 Å². The summed E-state index contributed by atoms with van der Waals surface area (Å²) in [5.74, 6) is 0.153. The second kappa shape index (κ2) is 3.55. The molecule has 1 aliphatic rings. The third-order valence-electron chi connectivity index (χ3n) is 2.59. The maximum absolute atomic E-state index is 11.1. The zero-order valence-electron chi connectivity index (χ0n) is 7.97. The number of rotatable bonds is 2. The minimum Gasteiger partial charge on any atom is -0.351 e. The topological polar surface area (TPSA) is 29.1 Å². The molecule has 1 atom stereocenters. The fraction of sp³-hybridized carbons (Fsp3) is 0.500. The summed E-state index contributed by atoms with van der Waals surface area (Å²) in [6.07, 6.45) is 2.38. The van der Waals surface area contributed by atoms with Crippen LogP contribution in [0.5, 0.6) is 0 Å². The predicted octanol–water partition coefficient (Wildman–Crippen LogP) is 2.61. The number of carbonyl (C=O) groups excluding carboxylic acids is 1. The van der Waals surface area contributed by atoms with Crippen molar-refractivity contribution < 1.29 is 4.79 Å². The van der Waals surface area contributed by atoms with E-state index in [2.05, 4.69) is 12.2 Å². The molecule has 1 saturated heterocycles. The van der Waals surface area contributed by atoms with Gasteiger partial charge in [-0.1, -0.05) is 11.6 Å². The molecule has 1 fully saturated rings. The van der Waals surface area contributed by atoms with E-state index in [9.17, 15) is 4.79 Å². The van der Waals surface area contributed by atoms with Gasteiger partial charge in [0, 0.05) is 23.3 Å². The van der Waals surface area contributed by atoms with Crippen molar-refractivity contribution in [2.75, 3.05) is 0 Å². The van der Waals surface area contributed by atoms with Gasteiger partial charge < -0.3 is 5.32 Å². The molecule has 0 bridgehead atoms. The van der Waals surface area contributed by atoms with Crippen LogP contribution in [0, 0.1) is 0 Å². The Kier molecular flexibility index (Phi) is 2.54. The van der Waals surface area contributed by atoms with Crippen molar-refractivity contribution in [3.05, 3.63) is 21.3 Å². The molecule has 2 heterocycles. The summed E-state index contributed by atoms with van der Waals surface area (Å²) < 4.78 is 0. The highest BCUT2D eigenvalue weighted by Crippen LogP contribution is 2.30. The molecule has 1 N–H and O–H groups in total. The van der Waals surface area contributed by atoms with Gasteiger partial charge in [0.1, 0.15) is 0 Å². The van der Waals surface area contributed by atoms with Gasteiger partial charge in [-0.2, -0.15) is 0 Å². The molecular formula is C10H12ClNOS. The van der Waals surface area contributed by atoms with E-state index in [1.54, 1.807) is 11.3 Å². The van der Waals surface area contributed by atoms with Crippen LogP contribution in [0.3, 0.4) is 0 Å². The third kappa shape index (κ3) is 1.93. The molecule has 2 rings (SSSR count). The third-order valence-corrected chi connectivity index (χ3v) is 3.97. The van der Waals surface area contributed by atoms with Crippen molar-refractivity contribution in [1.82, 2.24) is 5.32 Å². The molecular weight excluding hydrogens is 218 g/mol. The summed E-state index contributed by atoms with van der Waals surface area (Å²) >= 11 is 7.67. The Balaban J connectivity index is 2.11. The molecule has 4 heteroatoms. The molecule has 14 heavy (non-hydrogen) atoms. The van der Waals surface area contributed by atoms with Gasteiger partial charge in [0.15, 0.2) is 0 Å². The van der Waals surface area contributed by atoms with Gasteiger partial charge >= 0.3 is 0 Å². The lowest BCUT2D eigenvalue weighted by molar-refractivity contribution is -0.119. The van der Waals surface area contributed by atoms with Crippen molar-refractivity contribution in [3.63, 3.8) is 0 Å². The standard InChI is InChI=1S/C10H12ClNOS/c1-10(4-2-9(13)12-10)6-8-7(11)3-5-14-8/h3,5H,2,4,6H2,1H3,(H,12,13). The molecule has 1 aromatic heterocycles. The van der Waals surface area contributed by atoms with Gasteiger partial charge in [0.05, 0.1) is 5.02 Å². The summed E-state index contributed by atoms with van der Waals surface area (Å²) in [7, 11) is 0. The fourth-order valence-electron chi connectivity index (χ4n) is 1.79. The number of hydrogen-bond acceptors (Lipinski definition) is 2. The average Bonchev–Trinajstić information content (AvgIpc) is 2.62. The maximum atomic E-state index is 11.1. The molecule has 0 aliphatic carbocycles. The summed E-state index contributed by atoms with van der Waals surface area (Å²) in [4.78, 5) is 12.3. The van der Waals surface area contributed by atoms with E-state index in [0.29, 0.717) is 6.42 Å². The number of thiophene rings is 1. The Hall–Kier alpha value is -0.540. The molecule has 0 radical (unpaired) electrons. The van der Waals surface area contributed by atoms with Crippen LogP contribution in [0.2, 0.25) is 5.02 Å². The minimum atomic E-state index is -0.0917. The van der Waals surface area contributed by atoms with Gasteiger partial charge in [-0.3, -0.25) is 4.79 Å². The SMILES string of the molecule is CC1(Cc2sccc2Cl)CCC(=O)N1. The lowest BCUT2D eigenvalue weighted by Gasteiger charge is -2.23. The van der Waals surface area contributed by atoms with Gasteiger partial charge in [-0.25, -0.2) is 0 Å². The molecule has 1 unspecified atom stereocenters. The van der Waals surface area contributed by atoms with Gasteiger partial charge in [0.25, 0.3) is 0 Å². The van der Waals surface area contributed by atoms with E-state index >= 15 is 0 Å². The number of carbonyl (C=O) groups is 1. The number of amides is 1. The second-order valence-corrected chi connectivity index (χ2v) is 5.39. The number of halogens is 1. The van der Waals surface area contributed by atoms with Crippen LogP contribution >= 0.6 is 22.9 Å². The first-order chi connectivity index (χ1) is 6.59. The first kappa shape index (κ1) is 9.99. The number of hydrogen-bond donors (Lipinski definition) is 1. The second-order valence-electron chi connectivity index (χ2n) is 3.98.